The van der Waals surface area contributed by atoms with Gasteiger partial charge in [-0.1, -0.05) is 0 Å². The molecule has 0 spiro atoms. The highest BCUT2D eigenvalue weighted by Crippen LogP contribution is 2.28. The van der Waals surface area contributed by atoms with E-state index in [1.165, 1.54) is 0 Å². The summed E-state index contributed by atoms with van der Waals surface area (Å²) in [5.41, 5.74) is -0.463. The van der Waals surface area contributed by atoms with Gasteiger partial charge in [-0.3, -0.25) is 4.79 Å². The topological polar surface area (TPSA) is 74.2 Å². The molecule has 2 saturated heterocycles. The average Bonchev–Trinajstić information content (AvgIpc) is 3.10. The molecule has 0 amide bonds. The third-order valence-electron chi connectivity index (χ3n) is 4.19. The van der Waals surface area contributed by atoms with E-state index in [9.17, 15) is 9.90 Å². The minimum Gasteiger partial charge on any atom is -0.465 e. The number of carbonyl (C=O) groups is 1. The van der Waals surface area contributed by atoms with Crippen LogP contribution in [0.4, 0.5) is 0 Å². The number of aliphatic hydroxyl groups excluding tert-OH is 1. The van der Waals surface area contributed by atoms with Crippen molar-refractivity contribution in [2.75, 3.05) is 19.8 Å². The van der Waals surface area contributed by atoms with Gasteiger partial charge in [0.05, 0.1) is 43.5 Å². The molecule has 0 bridgehead atoms. The normalized spacial score (nSPS) is 29.1. The predicted octanol–water partition coefficient (Wildman–Crippen LogP) is 2.03. The fraction of sp³-hybridized carbons (Fsp3) is 0.941. The molecule has 0 aromatic heterocycles. The molecule has 0 saturated carbocycles. The molecule has 2 heterocycles. The predicted molar refractivity (Wildman–Crippen MR) is 83.9 cm³/mol. The highest BCUT2D eigenvalue weighted by molar-refractivity contribution is 5.75. The second-order valence-corrected chi connectivity index (χ2v) is 7.38. The van der Waals surface area contributed by atoms with Gasteiger partial charge in [0.1, 0.15) is 0 Å². The largest absolute Gasteiger partial charge is 0.465 e. The van der Waals surface area contributed by atoms with Gasteiger partial charge in [-0.2, -0.15) is 0 Å². The lowest BCUT2D eigenvalue weighted by molar-refractivity contribution is -0.153. The maximum atomic E-state index is 11.7. The lowest BCUT2D eigenvalue weighted by Gasteiger charge is -2.18. The average molecular weight is 330 g/mol. The highest BCUT2D eigenvalue weighted by Gasteiger charge is 2.34. The SMILES string of the molecule is CC(C)(C)C(=O)OCCC[C@H]1C[C@@H](O)[C@H](CCC2OCCO2)O1. The molecule has 2 rings (SSSR count). The van der Waals surface area contributed by atoms with E-state index in [2.05, 4.69) is 0 Å². The molecule has 0 unspecified atom stereocenters. The quantitative estimate of drug-likeness (QED) is 0.569. The summed E-state index contributed by atoms with van der Waals surface area (Å²) < 4.78 is 21.9. The Morgan fingerprint density at radius 3 is 2.52 bits per heavy atom. The first-order valence-corrected chi connectivity index (χ1v) is 8.60. The Balaban J connectivity index is 1.59. The van der Waals surface area contributed by atoms with Crippen molar-refractivity contribution in [3.05, 3.63) is 0 Å². The van der Waals surface area contributed by atoms with Gasteiger partial charge >= 0.3 is 5.97 Å². The fourth-order valence-corrected chi connectivity index (χ4v) is 2.83. The van der Waals surface area contributed by atoms with Crippen molar-refractivity contribution in [2.45, 2.75) is 77.5 Å². The summed E-state index contributed by atoms with van der Waals surface area (Å²) in [6, 6.07) is 0. The summed E-state index contributed by atoms with van der Waals surface area (Å²) in [5.74, 6) is -0.181. The van der Waals surface area contributed by atoms with Gasteiger partial charge in [0.15, 0.2) is 6.29 Å². The van der Waals surface area contributed by atoms with Crippen molar-refractivity contribution in [1.82, 2.24) is 0 Å². The number of carbonyl (C=O) groups excluding carboxylic acids is 1. The lowest BCUT2D eigenvalue weighted by Crippen LogP contribution is -2.23. The molecular formula is C17H30O6. The third kappa shape index (κ3) is 6.03. The molecule has 6 nitrogen and oxygen atoms in total. The van der Waals surface area contributed by atoms with Crippen molar-refractivity contribution in [3.63, 3.8) is 0 Å². The molecule has 6 heteroatoms. The monoisotopic (exact) mass is 330 g/mol. The first-order chi connectivity index (χ1) is 10.9. The van der Waals surface area contributed by atoms with Crippen LogP contribution in [0.2, 0.25) is 0 Å². The first-order valence-electron chi connectivity index (χ1n) is 8.60. The molecular weight excluding hydrogens is 300 g/mol. The zero-order valence-electron chi connectivity index (χ0n) is 14.5. The molecule has 23 heavy (non-hydrogen) atoms. The van der Waals surface area contributed by atoms with E-state index < -0.39 is 11.5 Å². The Morgan fingerprint density at radius 1 is 1.17 bits per heavy atom. The Morgan fingerprint density at radius 2 is 1.87 bits per heavy atom. The number of ether oxygens (including phenoxy) is 4. The second-order valence-electron chi connectivity index (χ2n) is 7.38. The van der Waals surface area contributed by atoms with E-state index in [0.29, 0.717) is 26.2 Å². The van der Waals surface area contributed by atoms with Gasteiger partial charge in [0, 0.05) is 12.8 Å². The third-order valence-corrected chi connectivity index (χ3v) is 4.19. The smallest absolute Gasteiger partial charge is 0.311 e. The molecule has 3 atom stereocenters. The Hall–Kier alpha value is -0.690. The molecule has 2 fully saturated rings. The summed E-state index contributed by atoms with van der Waals surface area (Å²) in [7, 11) is 0. The van der Waals surface area contributed by atoms with E-state index in [0.717, 1.165) is 25.7 Å². The Kier molecular flexibility index (Phi) is 6.83. The second kappa shape index (κ2) is 8.42. The van der Waals surface area contributed by atoms with Crippen molar-refractivity contribution >= 4 is 5.97 Å². The number of aliphatic hydroxyl groups is 1. The lowest BCUT2D eigenvalue weighted by atomic mass is 9.97. The maximum Gasteiger partial charge on any atom is 0.311 e. The minimum atomic E-state index is -0.463. The van der Waals surface area contributed by atoms with Gasteiger partial charge in [-0.05, 0) is 40.0 Å². The Labute approximate surface area is 138 Å². The van der Waals surface area contributed by atoms with E-state index in [-0.39, 0.29) is 24.5 Å². The van der Waals surface area contributed by atoms with Crippen molar-refractivity contribution in [2.24, 2.45) is 5.41 Å². The van der Waals surface area contributed by atoms with E-state index in [1.54, 1.807) is 0 Å². The van der Waals surface area contributed by atoms with Crippen molar-refractivity contribution in [1.29, 1.82) is 0 Å². The zero-order chi connectivity index (χ0) is 16.9. The van der Waals surface area contributed by atoms with Gasteiger partial charge in [-0.15, -0.1) is 0 Å². The van der Waals surface area contributed by atoms with Crippen LogP contribution in [0.15, 0.2) is 0 Å². The Bertz CT molecular complexity index is 372. The van der Waals surface area contributed by atoms with Crippen LogP contribution < -0.4 is 0 Å². The van der Waals surface area contributed by atoms with Crippen LogP contribution in [0.3, 0.4) is 0 Å². The van der Waals surface area contributed by atoms with E-state index in [1.807, 2.05) is 20.8 Å². The van der Waals surface area contributed by atoms with Gasteiger partial charge in [-0.25, -0.2) is 0 Å². The maximum absolute atomic E-state index is 11.7. The van der Waals surface area contributed by atoms with Crippen LogP contribution in [0.1, 0.15) is 52.9 Å². The summed E-state index contributed by atoms with van der Waals surface area (Å²) in [4.78, 5) is 11.7. The molecule has 134 valence electrons. The first kappa shape index (κ1) is 18.6. The van der Waals surface area contributed by atoms with E-state index in [4.69, 9.17) is 18.9 Å². The summed E-state index contributed by atoms with van der Waals surface area (Å²) >= 11 is 0. The van der Waals surface area contributed by atoms with E-state index >= 15 is 0 Å². The van der Waals surface area contributed by atoms with Crippen LogP contribution in [0.5, 0.6) is 0 Å². The molecule has 0 radical (unpaired) electrons. The standard InChI is InChI=1S/C17H30O6/c1-17(2,3)16(19)22-8-4-5-12-11-13(18)14(23-12)6-7-15-20-9-10-21-15/h12-15,18H,4-11H2,1-3H3/t12-,13+,14-/m0/s1. The number of hydrogen-bond acceptors (Lipinski definition) is 6. The molecule has 1 N–H and O–H groups in total. The summed E-state index contributed by atoms with van der Waals surface area (Å²) in [5, 5.41) is 10.1. The van der Waals surface area contributed by atoms with Crippen LogP contribution in [-0.4, -0.2) is 55.5 Å². The molecule has 2 aliphatic heterocycles. The number of esters is 1. The molecule has 0 aromatic rings. The van der Waals surface area contributed by atoms with Crippen LogP contribution >= 0.6 is 0 Å². The van der Waals surface area contributed by atoms with Crippen LogP contribution in [0, 0.1) is 5.41 Å². The molecule has 2 aliphatic rings. The zero-order valence-corrected chi connectivity index (χ0v) is 14.5. The van der Waals surface area contributed by atoms with Crippen LogP contribution in [-0.2, 0) is 23.7 Å². The van der Waals surface area contributed by atoms with Gasteiger partial charge in [0.2, 0.25) is 0 Å². The summed E-state index contributed by atoms with van der Waals surface area (Å²) in [6.07, 6.45) is 2.98. The summed E-state index contributed by atoms with van der Waals surface area (Å²) in [6.45, 7) is 7.22. The fourth-order valence-electron chi connectivity index (χ4n) is 2.83. The van der Waals surface area contributed by atoms with Crippen molar-refractivity contribution in [3.8, 4) is 0 Å². The number of rotatable bonds is 7. The molecule has 0 aliphatic carbocycles. The highest BCUT2D eigenvalue weighted by atomic mass is 16.7. The molecule has 0 aromatic carbocycles. The van der Waals surface area contributed by atoms with Gasteiger partial charge < -0.3 is 24.1 Å². The minimum absolute atomic E-state index is 0.0359. The van der Waals surface area contributed by atoms with Crippen molar-refractivity contribution < 1.29 is 28.8 Å². The van der Waals surface area contributed by atoms with Gasteiger partial charge in [0.25, 0.3) is 0 Å². The van der Waals surface area contributed by atoms with Crippen LogP contribution in [0.25, 0.3) is 0 Å². The number of hydrogen-bond donors (Lipinski definition) is 1.